The van der Waals surface area contributed by atoms with Crippen LogP contribution in [0.4, 0.5) is 4.79 Å². The maximum absolute atomic E-state index is 11.7. The van der Waals surface area contributed by atoms with Crippen LogP contribution in [0.3, 0.4) is 0 Å². The number of hydrogen-bond acceptors (Lipinski definition) is 3. The zero-order chi connectivity index (χ0) is 16.5. The summed E-state index contributed by atoms with van der Waals surface area (Å²) in [5.74, 6) is 1.56. The molecule has 0 atom stereocenters. The molecule has 0 radical (unpaired) electrons. The standard InChI is InChI=1S/C17H19BrN2O3/c1-22-15-7-5-13(6-8-15)12-20-17(21)19-9-10-23-16-4-2-3-14(18)11-16/h2-8,11H,9-10,12H2,1H3,(H2,19,20,21). The van der Waals surface area contributed by atoms with Crippen LogP contribution in [0.1, 0.15) is 5.56 Å². The number of carbonyl (C=O) groups excluding carboxylic acids is 1. The summed E-state index contributed by atoms with van der Waals surface area (Å²) in [5, 5.41) is 5.54. The second-order valence-corrected chi connectivity index (χ2v) is 5.68. The molecule has 0 unspecified atom stereocenters. The number of amides is 2. The summed E-state index contributed by atoms with van der Waals surface area (Å²) in [6.45, 7) is 1.30. The van der Waals surface area contributed by atoms with Gasteiger partial charge in [0.05, 0.1) is 13.7 Å². The Morgan fingerprint density at radius 1 is 1.09 bits per heavy atom. The maximum Gasteiger partial charge on any atom is 0.315 e. The van der Waals surface area contributed by atoms with Gasteiger partial charge in [0.25, 0.3) is 0 Å². The Hall–Kier alpha value is -2.21. The molecule has 6 heteroatoms. The number of hydrogen-bond donors (Lipinski definition) is 2. The van der Waals surface area contributed by atoms with E-state index in [4.69, 9.17) is 9.47 Å². The van der Waals surface area contributed by atoms with E-state index in [2.05, 4.69) is 26.6 Å². The molecule has 2 aromatic rings. The highest BCUT2D eigenvalue weighted by Crippen LogP contribution is 2.17. The fraction of sp³-hybridized carbons (Fsp3) is 0.235. The first-order valence-corrected chi connectivity index (χ1v) is 7.99. The molecule has 23 heavy (non-hydrogen) atoms. The van der Waals surface area contributed by atoms with Gasteiger partial charge in [-0.05, 0) is 35.9 Å². The number of rotatable bonds is 7. The van der Waals surface area contributed by atoms with E-state index in [0.717, 1.165) is 21.5 Å². The summed E-state index contributed by atoms with van der Waals surface area (Å²) >= 11 is 3.38. The first-order valence-electron chi connectivity index (χ1n) is 7.20. The van der Waals surface area contributed by atoms with E-state index in [1.807, 2.05) is 48.5 Å². The van der Waals surface area contributed by atoms with Crippen molar-refractivity contribution in [3.63, 3.8) is 0 Å². The Morgan fingerprint density at radius 3 is 2.57 bits per heavy atom. The van der Waals surface area contributed by atoms with Crippen molar-refractivity contribution < 1.29 is 14.3 Å². The lowest BCUT2D eigenvalue weighted by Crippen LogP contribution is -2.37. The molecule has 0 aliphatic rings. The molecule has 2 aromatic carbocycles. The van der Waals surface area contributed by atoms with Crippen LogP contribution < -0.4 is 20.1 Å². The number of methoxy groups -OCH3 is 1. The Bertz CT molecular complexity index is 632. The summed E-state index contributed by atoms with van der Waals surface area (Å²) in [6.07, 6.45) is 0. The highest BCUT2D eigenvalue weighted by Gasteiger charge is 2.01. The van der Waals surface area contributed by atoms with Crippen LogP contribution in [0.25, 0.3) is 0 Å². The summed E-state index contributed by atoms with van der Waals surface area (Å²) in [5.41, 5.74) is 1.01. The van der Waals surface area contributed by atoms with Crippen molar-refractivity contribution in [2.45, 2.75) is 6.54 Å². The highest BCUT2D eigenvalue weighted by molar-refractivity contribution is 9.10. The lowest BCUT2D eigenvalue weighted by atomic mass is 10.2. The number of urea groups is 1. The fourth-order valence-corrected chi connectivity index (χ4v) is 2.26. The van der Waals surface area contributed by atoms with E-state index >= 15 is 0 Å². The van der Waals surface area contributed by atoms with Gasteiger partial charge in [0.2, 0.25) is 0 Å². The summed E-state index contributed by atoms with van der Waals surface area (Å²) in [6, 6.07) is 14.9. The molecule has 0 saturated carbocycles. The second-order valence-electron chi connectivity index (χ2n) is 4.76. The molecular weight excluding hydrogens is 360 g/mol. The van der Waals surface area contributed by atoms with Crippen LogP contribution >= 0.6 is 15.9 Å². The summed E-state index contributed by atoms with van der Waals surface area (Å²) in [4.78, 5) is 11.7. The first-order chi connectivity index (χ1) is 11.2. The predicted molar refractivity (Wildman–Crippen MR) is 92.9 cm³/mol. The lowest BCUT2D eigenvalue weighted by molar-refractivity contribution is 0.236. The van der Waals surface area contributed by atoms with Gasteiger partial charge in [0.1, 0.15) is 18.1 Å². The van der Waals surface area contributed by atoms with E-state index < -0.39 is 0 Å². The van der Waals surface area contributed by atoms with Crippen molar-refractivity contribution in [2.24, 2.45) is 0 Å². The summed E-state index contributed by atoms with van der Waals surface area (Å²) < 4.78 is 11.6. The van der Waals surface area contributed by atoms with E-state index in [1.54, 1.807) is 7.11 Å². The average Bonchev–Trinajstić information content (AvgIpc) is 2.57. The minimum absolute atomic E-state index is 0.223. The minimum Gasteiger partial charge on any atom is -0.497 e. The molecule has 0 aliphatic carbocycles. The molecule has 5 nitrogen and oxygen atoms in total. The average molecular weight is 379 g/mol. The van der Waals surface area contributed by atoms with Gasteiger partial charge in [-0.3, -0.25) is 0 Å². The number of ether oxygens (including phenoxy) is 2. The van der Waals surface area contributed by atoms with Crippen molar-refractivity contribution in [3.05, 3.63) is 58.6 Å². The molecule has 0 bridgehead atoms. The summed E-state index contributed by atoms with van der Waals surface area (Å²) in [7, 11) is 1.62. The van der Waals surface area contributed by atoms with Crippen LogP contribution in [-0.4, -0.2) is 26.3 Å². The molecule has 122 valence electrons. The van der Waals surface area contributed by atoms with Crippen molar-refractivity contribution >= 4 is 22.0 Å². The molecule has 0 heterocycles. The molecular formula is C17H19BrN2O3. The van der Waals surface area contributed by atoms with E-state index in [1.165, 1.54) is 0 Å². The molecule has 0 spiro atoms. The SMILES string of the molecule is COc1ccc(CNC(=O)NCCOc2cccc(Br)c2)cc1. The third-order valence-electron chi connectivity index (χ3n) is 3.06. The Kier molecular flexibility index (Phi) is 6.75. The van der Waals surface area contributed by atoms with E-state index in [9.17, 15) is 4.79 Å². The molecule has 2 N–H and O–H groups in total. The Morgan fingerprint density at radius 2 is 1.87 bits per heavy atom. The molecule has 0 aromatic heterocycles. The quantitative estimate of drug-likeness (QED) is 0.726. The van der Waals surface area contributed by atoms with Crippen molar-refractivity contribution in [1.29, 1.82) is 0 Å². The zero-order valence-electron chi connectivity index (χ0n) is 12.8. The molecule has 0 aliphatic heterocycles. The third kappa shape index (κ3) is 6.20. The zero-order valence-corrected chi connectivity index (χ0v) is 14.4. The number of halogens is 1. The Balaban J connectivity index is 1.63. The van der Waals surface area contributed by atoms with Crippen molar-refractivity contribution in [2.75, 3.05) is 20.3 Å². The molecule has 2 amide bonds. The number of carbonyl (C=O) groups is 1. The van der Waals surface area contributed by atoms with Gasteiger partial charge in [-0.2, -0.15) is 0 Å². The van der Waals surface area contributed by atoms with Gasteiger partial charge in [0, 0.05) is 11.0 Å². The van der Waals surface area contributed by atoms with Gasteiger partial charge in [-0.25, -0.2) is 4.79 Å². The van der Waals surface area contributed by atoms with Crippen LogP contribution in [-0.2, 0) is 6.54 Å². The van der Waals surface area contributed by atoms with Gasteiger partial charge in [-0.15, -0.1) is 0 Å². The van der Waals surface area contributed by atoms with E-state index in [0.29, 0.717) is 19.7 Å². The van der Waals surface area contributed by atoms with Gasteiger partial charge >= 0.3 is 6.03 Å². The normalized spacial score (nSPS) is 10.0. The molecule has 0 saturated heterocycles. The first kappa shape index (κ1) is 17.1. The molecule has 0 fully saturated rings. The van der Waals surface area contributed by atoms with Gasteiger partial charge in [-0.1, -0.05) is 34.1 Å². The largest absolute Gasteiger partial charge is 0.497 e. The van der Waals surface area contributed by atoms with Gasteiger partial charge < -0.3 is 20.1 Å². The maximum atomic E-state index is 11.7. The topological polar surface area (TPSA) is 59.6 Å². The number of benzene rings is 2. The second kappa shape index (κ2) is 9.05. The Labute approximate surface area is 144 Å². The van der Waals surface area contributed by atoms with Crippen LogP contribution in [0.5, 0.6) is 11.5 Å². The van der Waals surface area contributed by atoms with Crippen LogP contribution in [0.2, 0.25) is 0 Å². The van der Waals surface area contributed by atoms with Crippen LogP contribution in [0.15, 0.2) is 53.0 Å². The molecule has 2 rings (SSSR count). The van der Waals surface area contributed by atoms with E-state index in [-0.39, 0.29) is 6.03 Å². The van der Waals surface area contributed by atoms with Crippen molar-refractivity contribution in [1.82, 2.24) is 10.6 Å². The van der Waals surface area contributed by atoms with Gasteiger partial charge in [0.15, 0.2) is 0 Å². The lowest BCUT2D eigenvalue weighted by Gasteiger charge is -2.09. The smallest absolute Gasteiger partial charge is 0.315 e. The number of nitrogens with one attached hydrogen (secondary N) is 2. The monoisotopic (exact) mass is 378 g/mol. The highest BCUT2D eigenvalue weighted by atomic mass is 79.9. The minimum atomic E-state index is -0.223. The van der Waals surface area contributed by atoms with Crippen molar-refractivity contribution in [3.8, 4) is 11.5 Å². The third-order valence-corrected chi connectivity index (χ3v) is 3.56. The van der Waals surface area contributed by atoms with Crippen LogP contribution in [0, 0.1) is 0 Å². The fourth-order valence-electron chi connectivity index (χ4n) is 1.88. The predicted octanol–water partition coefficient (Wildman–Crippen LogP) is 3.34.